The SMILES string of the molecule is Nc1ccc(S(=O)(=O)NN=CC=Cc2ccccc2[N+](=O)[O-])cc1. The fourth-order valence-electron chi connectivity index (χ4n) is 1.78. The predicted molar refractivity (Wildman–Crippen MR) is 91.8 cm³/mol. The van der Waals surface area contributed by atoms with E-state index in [4.69, 9.17) is 5.73 Å². The van der Waals surface area contributed by atoms with Gasteiger partial charge < -0.3 is 5.73 Å². The van der Waals surface area contributed by atoms with Crippen LogP contribution in [0.5, 0.6) is 0 Å². The van der Waals surface area contributed by atoms with Gasteiger partial charge in [0.2, 0.25) is 0 Å². The molecule has 0 saturated carbocycles. The average Bonchev–Trinajstić information content (AvgIpc) is 2.55. The van der Waals surface area contributed by atoms with E-state index in [-0.39, 0.29) is 10.6 Å². The third-order valence-electron chi connectivity index (χ3n) is 2.93. The zero-order valence-corrected chi connectivity index (χ0v) is 13.2. The molecule has 0 fully saturated rings. The number of nitro benzene ring substituents is 1. The van der Waals surface area contributed by atoms with E-state index < -0.39 is 14.9 Å². The number of rotatable bonds is 6. The molecule has 0 spiro atoms. The predicted octanol–water partition coefficient (Wildman–Crippen LogP) is 2.15. The lowest BCUT2D eigenvalue weighted by Gasteiger charge is -2.02. The number of anilines is 1. The number of hydrazone groups is 1. The van der Waals surface area contributed by atoms with Gasteiger partial charge in [-0.25, -0.2) is 4.83 Å². The molecule has 0 aliphatic rings. The summed E-state index contributed by atoms with van der Waals surface area (Å²) in [6, 6.07) is 11.8. The molecule has 2 aromatic carbocycles. The lowest BCUT2D eigenvalue weighted by atomic mass is 10.2. The molecule has 2 aromatic rings. The standard InChI is InChI=1S/C15H14N4O4S/c16-13-7-9-14(10-8-13)24(22,23)18-17-11-3-5-12-4-1-2-6-15(12)19(20)21/h1-11,18H,16H2. The van der Waals surface area contributed by atoms with Crippen molar-refractivity contribution in [3.05, 3.63) is 70.3 Å². The van der Waals surface area contributed by atoms with Crippen molar-refractivity contribution in [1.29, 1.82) is 0 Å². The van der Waals surface area contributed by atoms with Crippen LogP contribution in [0.4, 0.5) is 11.4 Å². The molecule has 0 heterocycles. The lowest BCUT2D eigenvalue weighted by molar-refractivity contribution is -0.385. The zero-order chi connectivity index (χ0) is 17.6. The van der Waals surface area contributed by atoms with Crippen LogP contribution in [0.2, 0.25) is 0 Å². The Morgan fingerprint density at radius 2 is 1.79 bits per heavy atom. The van der Waals surface area contributed by atoms with E-state index in [1.807, 2.05) is 4.83 Å². The van der Waals surface area contributed by atoms with Gasteiger partial charge in [-0.1, -0.05) is 12.1 Å². The number of benzene rings is 2. The van der Waals surface area contributed by atoms with Gasteiger partial charge in [-0.2, -0.15) is 13.5 Å². The first-order chi connectivity index (χ1) is 11.4. The summed E-state index contributed by atoms with van der Waals surface area (Å²) in [4.78, 5) is 12.4. The molecule has 9 heteroatoms. The summed E-state index contributed by atoms with van der Waals surface area (Å²) in [6.07, 6.45) is 4.04. The second-order valence-corrected chi connectivity index (χ2v) is 6.28. The van der Waals surface area contributed by atoms with Crippen LogP contribution in [-0.2, 0) is 10.0 Å². The topological polar surface area (TPSA) is 128 Å². The van der Waals surface area contributed by atoms with Crippen molar-refractivity contribution in [2.45, 2.75) is 4.90 Å². The van der Waals surface area contributed by atoms with Crippen LogP contribution in [0, 0.1) is 10.1 Å². The molecular weight excluding hydrogens is 332 g/mol. The number of para-hydroxylation sites is 1. The first kappa shape index (κ1) is 17.2. The highest BCUT2D eigenvalue weighted by Crippen LogP contribution is 2.18. The van der Waals surface area contributed by atoms with E-state index >= 15 is 0 Å². The highest BCUT2D eigenvalue weighted by molar-refractivity contribution is 7.89. The van der Waals surface area contributed by atoms with E-state index in [0.29, 0.717) is 11.3 Å². The molecule has 0 aromatic heterocycles. The molecule has 2 rings (SSSR count). The van der Waals surface area contributed by atoms with Gasteiger partial charge >= 0.3 is 0 Å². The molecule has 124 valence electrons. The van der Waals surface area contributed by atoms with Gasteiger partial charge in [-0.15, -0.1) is 0 Å². The highest BCUT2D eigenvalue weighted by atomic mass is 32.2. The van der Waals surface area contributed by atoms with E-state index in [9.17, 15) is 18.5 Å². The van der Waals surface area contributed by atoms with Crippen LogP contribution in [-0.4, -0.2) is 19.6 Å². The van der Waals surface area contributed by atoms with Crippen molar-refractivity contribution in [1.82, 2.24) is 4.83 Å². The molecule has 0 saturated heterocycles. The van der Waals surface area contributed by atoms with Gasteiger partial charge in [-0.3, -0.25) is 10.1 Å². The molecule has 0 atom stereocenters. The summed E-state index contributed by atoms with van der Waals surface area (Å²) in [5.41, 5.74) is 6.28. The van der Waals surface area contributed by atoms with E-state index in [1.54, 1.807) is 18.2 Å². The zero-order valence-electron chi connectivity index (χ0n) is 12.4. The number of hydrogen-bond acceptors (Lipinski definition) is 6. The summed E-state index contributed by atoms with van der Waals surface area (Å²) < 4.78 is 23.9. The maximum atomic E-state index is 11.9. The summed E-state index contributed by atoms with van der Waals surface area (Å²) in [6.45, 7) is 0. The fraction of sp³-hybridized carbons (Fsp3) is 0. The number of nitro groups is 1. The second kappa shape index (κ2) is 7.38. The third-order valence-corrected chi connectivity index (χ3v) is 4.17. The van der Waals surface area contributed by atoms with Gasteiger partial charge in [0.15, 0.2) is 0 Å². The van der Waals surface area contributed by atoms with Crippen molar-refractivity contribution in [3.63, 3.8) is 0 Å². The van der Waals surface area contributed by atoms with Crippen LogP contribution in [0.3, 0.4) is 0 Å². The Labute approximate surface area is 138 Å². The number of nitrogen functional groups attached to an aromatic ring is 1. The normalized spacial score (nSPS) is 11.8. The Bertz CT molecular complexity index is 890. The first-order valence-corrected chi connectivity index (χ1v) is 8.19. The number of sulfonamides is 1. The average molecular weight is 346 g/mol. The largest absolute Gasteiger partial charge is 0.399 e. The van der Waals surface area contributed by atoms with E-state index in [2.05, 4.69) is 5.10 Å². The number of nitrogens with one attached hydrogen (secondary N) is 1. The van der Waals surface area contributed by atoms with Crippen molar-refractivity contribution in [2.75, 3.05) is 5.73 Å². The Morgan fingerprint density at radius 1 is 1.12 bits per heavy atom. The minimum atomic E-state index is -3.79. The lowest BCUT2D eigenvalue weighted by Crippen LogP contribution is -2.18. The smallest absolute Gasteiger partial charge is 0.276 e. The van der Waals surface area contributed by atoms with Crippen molar-refractivity contribution < 1.29 is 13.3 Å². The summed E-state index contributed by atoms with van der Waals surface area (Å²) in [5, 5.41) is 14.4. The number of nitrogens with zero attached hydrogens (tertiary/aromatic N) is 2. The number of hydrogen-bond donors (Lipinski definition) is 2. The maximum Gasteiger partial charge on any atom is 0.276 e. The monoisotopic (exact) mass is 346 g/mol. The molecule has 0 bridgehead atoms. The van der Waals surface area contributed by atoms with Gasteiger partial charge in [0.05, 0.1) is 15.4 Å². The second-order valence-electron chi connectivity index (χ2n) is 4.62. The molecule has 0 aliphatic heterocycles. The summed E-state index contributed by atoms with van der Waals surface area (Å²) >= 11 is 0. The summed E-state index contributed by atoms with van der Waals surface area (Å²) in [5.74, 6) is 0. The van der Waals surface area contributed by atoms with Crippen molar-refractivity contribution in [2.24, 2.45) is 5.10 Å². The van der Waals surface area contributed by atoms with Gasteiger partial charge in [0, 0.05) is 18.0 Å². The van der Waals surface area contributed by atoms with E-state index in [0.717, 1.165) is 0 Å². The van der Waals surface area contributed by atoms with Gasteiger partial charge in [0.1, 0.15) is 0 Å². The molecule has 8 nitrogen and oxygen atoms in total. The molecule has 3 N–H and O–H groups in total. The number of allylic oxidation sites excluding steroid dienone is 1. The first-order valence-electron chi connectivity index (χ1n) is 6.70. The van der Waals surface area contributed by atoms with Crippen LogP contribution < -0.4 is 10.6 Å². The minimum Gasteiger partial charge on any atom is -0.399 e. The molecule has 24 heavy (non-hydrogen) atoms. The highest BCUT2D eigenvalue weighted by Gasteiger charge is 2.11. The van der Waals surface area contributed by atoms with Gasteiger partial charge in [-0.05, 0) is 42.5 Å². The minimum absolute atomic E-state index is 0.0246. The summed E-state index contributed by atoms with van der Waals surface area (Å²) in [7, 11) is -3.79. The van der Waals surface area contributed by atoms with Crippen LogP contribution in [0.1, 0.15) is 5.56 Å². The Kier molecular flexibility index (Phi) is 5.27. The van der Waals surface area contributed by atoms with Crippen LogP contribution >= 0.6 is 0 Å². The van der Waals surface area contributed by atoms with E-state index in [1.165, 1.54) is 48.7 Å². The molecule has 0 aliphatic carbocycles. The van der Waals surface area contributed by atoms with Gasteiger partial charge in [0.25, 0.3) is 15.7 Å². The van der Waals surface area contributed by atoms with Crippen LogP contribution in [0.15, 0.2) is 64.6 Å². The molecular formula is C15H14N4O4S. The molecule has 0 unspecified atom stereocenters. The third kappa shape index (κ3) is 4.40. The Hall–Kier alpha value is -3.20. The fourth-order valence-corrected chi connectivity index (χ4v) is 2.58. The van der Waals surface area contributed by atoms with Crippen LogP contribution in [0.25, 0.3) is 6.08 Å². The quantitative estimate of drug-likeness (QED) is 0.358. The Balaban J connectivity index is 2.05. The molecule has 0 amide bonds. The Morgan fingerprint density at radius 3 is 2.46 bits per heavy atom. The number of nitrogens with two attached hydrogens (primary N) is 1. The van der Waals surface area contributed by atoms with Crippen molar-refractivity contribution in [3.8, 4) is 0 Å². The maximum absolute atomic E-state index is 11.9. The van der Waals surface area contributed by atoms with Crippen molar-refractivity contribution >= 4 is 33.7 Å². The molecule has 0 radical (unpaired) electrons.